The number of ether oxygens (including phenoxy) is 1. The van der Waals surface area contributed by atoms with E-state index in [1.54, 1.807) is 17.5 Å². The first-order valence-electron chi connectivity index (χ1n) is 8.75. The molecule has 0 bridgehead atoms. The molecule has 0 unspecified atom stereocenters. The van der Waals surface area contributed by atoms with Crippen LogP contribution in [0, 0.1) is 0 Å². The molecule has 1 heterocycles. The van der Waals surface area contributed by atoms with Crippen LogP contribution in [-0.4, -0.2) is 26.9 Å². The topological polar surface area (TPSA) is 83.9 Å². The van der Waals surface area contributed by atoms with Crippen LogP contribution in [0.5, 0.6) is 5.75 Å². The number of hydrogen-bond donors (Lipinski definition) is 1. The van der Waals surface area contributed by atoms with E-state index in [1.165, 1.54) is 30.5 Å². The highest BCUT2D eigenvalue weighted by molar-refractivity contribution is 8.17. The number of amides is 1. The molecule has 0 spiro atoms. The van der Waals surface area contributed by atoms with Gasteiger partial charge in [-0.25, -0.2) is 4.31 Å². The molecule has 8 heteroatoms. The van der Waals surface area contributed by atoms with Gasteiger partial charge < -0.3 is 4.74 Å². The Kier molecular flexibility index (Phi) is 6.56. The van der Waals surface area contributed by atoms with E-state index in [9.17, 15) is 18.4 Å². The summed E-state index contributed by atoms with van der Waals surface area (Å²) in [5.41, 5.74) is 0.277. The van der Waals surface area contributed by atoms with Gasteiger partial charge in [-0.15, -0.1) is 11.3 Å². The molecule has 1 aromatic heterocycles. The molecule has 2 aromatic rings. The van der Waals surface area contributed by atoms with E-state index in [0.29, 0.717) is 25.0 Å². The van der Waals surface area contributed by atoms with Crippen molar-refractivity contribution in [3.63, 3.8) is 0 Å². The molecule has 6 nitrogen and oxygen atoms in total. The third kappa shape index (κ3) is 4.82. The van der Waals surface area contributed by atoms with Crippen molar-refractivity contribution in [2.75, 3.05) is 10.6 Å². The third-order valence-electron chi connectivity index (χ3n) is 3.84. The fourth-order valence-corrected chi connectivity index (χ4v) is 6.09. The van der Waals surface area contributed by atoms with E-state index < -0.39 is 15.4 Å². The molecule has 0 aliphatic carbocycles. The maximum atomic E-state index is 13.6. The predicted octanol–water partition coefficient (Wildman–Crippen LogP) is 4.48. The molecule has 0 aliphatic heterocycles. The monoisotopic (exact) mass is 411 g/mol. The van der Waals surface area contributed by atoms with E-state index in [-0.39, 0.29) is 22.3 Å². The summed E-state index contributed by atoms with van der Waals surface area (Å²) in [6, 6.07) is 9.30. The van der Waals surface area contributed by atoms with Gasteiger partial charge in [-0.2, -0.15) is 4.21 Å². The lowest BCUT2D eigenvalue weighted by atomic mass is 10.2. The smallest absolute Gasteiger partial charge is 0.311 e. The lowest BCUT2D eigenvalue weighted by molar-refractivity contribution is -0.134. The summed E-state index contributed by atoms with van der Waals surface area (Å²) in [6.45, 7) is 3.72. The van der Waals surface area contributed by atoms with Crippen LogP contribution >= 0.6 is 11.3 Å². The Hall–Kier alpha value is -2.03. The number of thiophene rings is 1. The average molecular weight is 412 g/mol. The van der Waals surface area contributed by atoms with Gasteiger partial charge in [-0.3, -0.25) is 14.1 Å². The van der Waals surface area contributed by atoms with E-state index >= 15 is 0 Å². The van der Waals surface area contributed by atoms with E-state index in [4.69, 9.17) is 4.74 Å². The van der Waals surface area contributed by atoms with Crippen LogP contribution in [0.4, 0.5) is 5.69 Å². The first-order valence-corrected chi connectivity index (χ1v) is 11.9. The van der Waals surface area contributed by atoms with Gasteiger partial charge in [0.05, 0.1) is 5.69 Å². The minimum atomic E-state index is -4.61. The van der Waals surface area contributed by atoms with Crippen molar-refractivity contribution in [1.82, 2.24) is 0 Å². The molecule has 2 rings (SSSR count). The molecule has 0 saturated carbocycles. The quantitative estimate of drug-likeness (QED) is 0.511. The second-order valence-electron chi connectivity index (χ2n) is 6.32. The van der Waals surface area contributed by atoms with Gasteiger partial charge in [0.1, 0.15) is 9.96 Å². The molecule has 0 saturated heterocycles. The molecular formula is C19H25NO5S2. The van der Waals surface area contributed by atoms with Gasteiger partial charge in [-0.1, -0.05) is 23.4 Å². The van der Waals surface area contributed by atoms with Crippen molar-refractivity contribution in [1.29, 1.82) is 0 Å². The first-order chi connectivity index (χ1) is 12.7. The standard InChI is InChI=1S/C19H25NO5S2/c1-4-7-17(21)20(27(3,23,24)19-9-6-14-26-19)15-10-12-16(13-11-15)25-18(22)8-5-2/h6,9-14H,4-5,7-8H2,1-3H3,(H,23,24). The van der Waals surface area contributed by atoms with Crippen molar-refractivity contribution in [2.45, 2.75) is 43.7 Å². The Morgan fingerprint density at radius 3 is 2.26 bits per heavy atom. The number of hydrogen-bond acceptors (Lipinski definition) is 5. The Morgan fingerprint density at radius 1 is 1.11 bits per heavy atom. The molecule has 1 N–H and O–H groups in total. The second kappa shape index (κ2) is 8.33. The minimum absolute atomic E-state index is 0.140. The van der Waals surface area contributed by atoms with Gasteiger partial charge in [0.15, 0.2) is 0 Å². The van der Waals surface area contributed by atoms with Gasteiger partial charge in [0.25, 0.3) is 0 Å². The fourth-order valence-electron chi connectivity index (χ4n) is 2.60. The summed E-state index contributed by atoms with van der Waals surface area (Å²) >= 11 is 1.13. The maximum absolute atomic E-state index is 13.6. The van der Waals surface area contributed by atoms with Crippen LogP contribution in [-0.2, 0) is 19.1 Å². The predicted molar refractivity (Wildman–Crippen MR) is 109 cm³/mol. The van der Waals surface area contributed by atoms with E-state index in [0.717, 1.165) is 15.6 Å². The normalized spacial score (nSPS) is 12.8. The Labute approximate surface area is 163 Å². The van der Waals surface area contributed by atoms with Gasteiger partial charge in [0, 0.05) is 19.1 Å². The lowest BCUT2D eigenvalue weighted by Gasteiger charge is -2.47. The van der Waals surface area contributed by atoms with Gasteiger partial charge in [0.2, 0.25) is 5.91 Å². The molecular weight excluding hydrogens is 386 g/mol. The van der Waals surface area contributed by atoms with Crippen LogP contribution in [0.15, 0.2) is 46.0 Å². The second-order valence-corrected chi connectivity index (χ2v) is 10.8. The first kappa shape index (κ1) is 21.3. The molecule has 0 atom stereocenters. The number of esters is 1. The highest BCUT2D eigenvalue weighted by Gasteiger charge is 2.37. The lowest BCUT2D eigenvalue weighted by Crippen LogP contribution is -2.52. The van der Waals surface area contributed by atoms with Crippen LogP contribution in [0.25, 0.3) is 0 Å². The number of rotatable bonds is 8. The largest absolute Gasteiger partial charge is 0.427 e. The molecule has 148 valence electrons. The SMILES string of the molecule is CCCC(=O)Oc1ccc(N(C(=O)CCC)S(C)(=O)(O)c2cccs2)cc1. The highest BCUT2D eigenvalue weighted by Crippen LogP contribution is 2.40. The zero-order valence-corrected chi connectivity index (χ0v) is 17.3. The van der Waals surface area contributed by atoms with Crippen LogP contribution in [0.3, 0.4) is 0 Å². The Balaban J connectivity index is 2.42. The third-order valence-corrected chi connectivity index (χ3v) is 8.27. The molecule has 1 aromatic carbocycles. The Morgan fingerprint density at radius 2 is 1.74 bits per heavy atom. The van der Waals surface area contributed by atoms with E-state index in [2.05, 4.69) is 0 Å². The summed E-state index contributed by atoms with van der Waals surface area (Å²) in [5, 5.41) is 1.70. The summed E-state index contributed by atoms with van der Waals surface area (Å²) in [5.74, 6) is -0.459. The number of anilines is 1. The zero-order valence-electron chi connectivity index (χ0n) is 15.7. The van der Waals surface area contributed by atoms with Crippen LogP contribution < -0.4 is 9.04 Å². The van der Waals surface area contributed by atoms with Crippen LogP contribution in [0.2, 0.25) is 0 Å². The Bertz CT molecular complexity index is 853. The molecule has 0 fully saturated rings. The zero-order chi connectivity index (χ0) is 20.1. The number of carbonyl (C=O) groups excluding carboxylic acids is 2. The maximum Gasteiger partial charge on any atom is 0.311 e. The van der Waals surface area contributed by atoms with Crippen molar-refractivity contribution in [3.8, 4) is 5.75 Å². The minimum Gasteiger partial charge on any atom is -0.427 e. The van der Waals surface area contributed by atoms with Crippen molar-refractivity contribution >= 4 is 38.4 Å². The molecule has 0 aliphatic rings. The summed E-state index contributed by atoms with van der Waals surface area (Å²) in [7, 11) is -4.61. The molecule has 27 heavy (non-hydrogen) atoms. The summed E-state index contributed by atoms with van der Waals surface area (Å²) in [6.07, 6.45) is 2.87. The molecule has 1 amide bonds. The van der Waals surface area contributed by atoms with Gasteiger partial charge >= 0.3 is 5.97 Å². The van der Waals surface area contributed by atoms with Crippen molar-refractivity contribution in [2.24, 2.45) is 0 Å². The van der Waals surface area contributed by atoms with E-state index in [1.807, 2.05) is 13.8 Å². The number of nitrogens with zero attached hydrogens (tertiary/aromatic N) is 1. The number of carbonyl (C=O) groups is 2. The van der Waals surface area contributed by atoms with Crippen LogP contribution in [0.1, 0.15) is 39.5 Å². The molecule has 0 radical (unpaired) electrons. The highest BCUT2D eigenvalue weighted by atomic mass is 32.3. The fraction of sp³-hybridized carbons (Fsp3) is 0.368. The average Bonchev–Trinajstić information content (AvgIpc) is 3.12. The van der Waals surface area contributed by atoms with Gasteiger partial charge in [-0.05, 0) is 54.6 Å². The summed E-state index contributed by atoms with van der Waals surface area (Å²) in [4.78, 5) is 24.4. The summed E-state index contributed by atoms with van der Waals surface area (Å²) < 4.78 is 31.1. The number of benzene rings is 1. The van der Waals surface area contributed by atoms with Crippen molar-refractivity contribution < 1.29 is 23.1 Å². The van der Waals surface area contributed by atoms with Crippen molar-refractivity contribution in [3.05, 3.63) is 41.8 Å².